The molecule has 0 radical (unpaired) electrons. The highest BCUT2D eigenvalue weighted by Crippen LogP contribution is 2.20. The van der Waals surface area contributed by atoms with E-state index in [1.165, 1.54) is 19.5 Å². The normalized spacial score (nSPS) is 20.2. The Morgan fingerprint density at radius 1 is 1.48 bits per heavy atom. The third-order valence-corrected chi connectivity index (χ3v) is 5.17. The number of nitrogens with zero attached hydrogens (tertiary/aromatic N) is 3. The van der Waals surface area contributed by atoms with Crippen molar-refractivity contribution in [2.45, 2.75) is 25.8 Å². The SMILES string of the molecule is CCCN(C(=O)c1cncc(OC)n1)C1CCS(=O)(=O)C1. The lowest BCUT2D eigenvalue weighted by Gasteiger charge is -2.27. The van der Waals surface area contributed by atoms with Gasteiger partial charge in [0.05, 0.1) is 31.0 Å². The first-order valence-electron chi connectivity index (χ1n) is 6.84. The standard InChI is InChI=1S/C13H19N3O4S/c1-3-5-16(10-4-6-21(18,19)9-10)13(17)11-7-14-8-12(15-11)20-2/h7-8,10H,3-6,9H2,1-2H3. The summed E-state index contributed by atoms with van der Waals surface area (Å²) in [6, 6.07) is -0.282. The van der Waals surface area contributed by atoms with Gasteiger partial charge in [0.1, 0.15) is 0 Å². The van der Waals surface area contributed by atoms with Crippen molar-refractivity contribution >= 4 is 15.7 Å². The second kappa shape index (κ2) is 6.38. The molecule has 0 aliphatic carbocycles. The summed E-state index contributed by atoms with van der Waals surface area (Å²) < 4.78 is 28.2. The van der Waals surface area contributed by atoms with Gasteiger partial charge >= 0.3 is 0 Å². The van der Waals surface area contributed by atoms with Crippen LogP contribution in [0.3, 0.4) is 0 Å². The summed E-state index contributed by atoms with van der Waals surface area (Å²) in [7, 11) is -1.59. The lowest BCUT2D eigenvalue weighted by molar-refractivity contribution is 0.0689. The summed E-state index contributed by atoms with van der Waals surface area (Å²) in [5, 5.41) is 0. The molecule has 1 aliphatic rings. The van der Waals surface area contributed by atoms with E-state index in [0.29, 0.717) is 13.0 Å². The summed E-state index contributed by atoms with van der Waals surface area (Å²) in [5.74, 6) is 0.118. The van der Waals surface area contributed by atoms with Crippen LogP contribution in [0.15, 0.2) is 12.4 Å². The van der Waals surface area contributed by atoms with Crippen molar-refractivity contribution in [1.29, 1.82) is 0 Å². The van der Waals surface area contributed by atoms with E-state index in [0.717, 1.165) is 6.42 Å². The van der Waals surface area contributed by atoms with Gasteiger partial charge in [-0.3, -0.25) is 9.78 Å². The molecule has 1 amide bonds. The molecule has 0 N–H and O–H groups in total. The number of carbonyl (C=O) groups is 1. The summed E-state index contributed by atoms with van der Waals surface area (Å²) in [5.41, 5.74) is 0.173. The highest BCUT2D eigenvalue weighted by atomic mass is 32.2. The van der Waals surface area contributed by atoms with Crippen molar-refractivity contribution in [3.63, 3.8) is 0 Å². The molecule has 1 fully saturated rings. The van der Waals surface area contributed by atoms with Gasteiger partial charge < -0.3 is 9.64 Å². The average molecular weight is 313 g/mol. The first-order chi connectivity index (χ1) is 9.96. The predicted molar refractivity (Wildman–Crippen MR) is 77.0 cm³/mol. The molecule has 2 rings (SSSR count). The minimum absolute atomic E-state index is 0.0239. The van der Waals surface area contributed by atoms with E-state index < -0.39 is 9.84 Å². The fourth-order valence-corrected chi connectivity index (χ4v) is 4.14. The largest absolute Gasteiger partial charge is 0.480 e. The molecule has 8 heteroatoms. The number of methoxy groups -OCH3 is 1. The maximum Gasteiger partial charge on any atom is 0.274 e. The van der Waals surface area contributed by atoms with Crippen molar-refractivity contribution in [1.82, 2.24) is 14.9 Å². The molecule has 1 aliphatic heterocycles. The van der Waals surface area contributed by atoms with Crippen LogP contribution in [0.2, 0.25) is 0 Å². The number of sulfone groups is 1. The van der Waals surface area contributed by atoms with Crippen LogP contribution in [0.1, 0.15) is 30.3 Å². The number of aromatic nitrogens is 2. The Morgan fingerprint density at radius 3 is 2.81 bits per heavy atom. The lowest BCUT2D eigenvalue weighted by atomic mass is 10.2. The van der Waals surface area contributed by atoms with E-state index in [1.54, 1.807) is 4.90 Å². The van der Waals surface area contributed by atoms with Crippen molar-refractivity contribution in [3.05, 3.63) is 18.1 Å². The molecule has 1 unspecified atom stereocenters. The number of hydrogen-bond acceptors (Lipinski definition) is 6. The first-order valence-corrected chi connectivity index (χ1v) is 8.66. The molecule has 1 atom stereocenters. The molecule has 0 spiro atoms. The highest BCUT2D eigenvalue weighted by Gasteiger charge is 2.35. The second-order valence-electron chi connectivity index (χ2n) is 5.00. The van der Waals surface area contributed by atoms with Gasteiger partial charge in [-0.05, 0) is 12.8 Å². The molecule has 0 saturated carbocycles. The maximum absolute atomic E-state index is 12.6. The molecule has 2 heterocycles. The van der Waals surface area contributed by atoms with Gasteiger partial charge in [-0.25, -0.2) is 13.4 Å². The van der Waals surface area contributed by atoms with E-state index >= 15 is 0 Å². The quantitative estimate of drug-likeness (QED) is 0.787. The van der Waals surface area contributed by atoms with Crippen LogP contribution in [-0.4, -0.2) is 60.4 Å². The molecule has 116 valence electrons. The minimum atomic E-state index is -3.04. The topological polar surface area (TPSA) is 89.5 Å². The zero-order valence-corrected chi connectivity index (χ0v) is 13.0. The summed E-state index contributed by atoms with van der Waals surface area (Å²) in [4.78, 5) is 22.2. The van der Waals surface area contributed by atoms with E-state index in [9.17, 15) is 13.2 Å². The first kappa shape index (κ1) is 15.7. The number of amides is 1. The fourth-order valence-electron chi connectivity index (χ4n) is 2.41. The molecular weight excluding hydrogens is 294 g/mol. The number of carbonyl (C=O) groups excluding carboxylic acids is 1. The second-order valence-corrected chi connectivity index (χ2v) is 7.23. The Bertz CT molecular complexity index is 618. The van der Waals surface area contributed by atoms with Crippen molar-refractivity contribution in [2.24, 2.45) is 0 Å². The van der Waals surface area contributed by atoms with Gasteiger partial charge in [0.25, 0.3) is 5.91 Å². The number of hydrogen-bond donors (Lipinski definition) is 0. The Balaban J connectivity index is 2.23. The summed E-state index contributed by atoms with van der Waals surface area (Å²) in [6.07, 6.45) is 4.02. The van der Waals surface area contributed by atoms with Crippen molar-refractivity contribution in [3.8, 4) is 5.88 Å². The van der Waals surface area contributed by atoms with Crippen molar-refractivity contribution in [2.75, 3.05) is 25.2 Å². The average Bonchev–Trinajstić information content (AvgIpc) is 2.84. The highest BCUT2D eigenvalue weighted by molar-refractivity contribution is 7.91. The van der Waals surface area contributed by atoms with Crippen LogP contribution in [0.25, 0.3) is 0 Å². The Labute approximate surface area is 124 Å². The Kier molecular flexibility index (Phi) is 4.76. The van der Waals surface area contributed by atoms with Crippen LogP contribution in [-0.2, 0) is 9.84 Å². The van der Waals surface area contributed by atoms with Crippen LogP contribution >= 0.6 is 0 Å². The van der Waals surface area contributed by atoms with Gasteiger partial charge in [-0.2, -0.15) is 0 Å². The van der Waals surface area contributed by atoms with E-state index in [-0.39, 0.29) is 35.0 Å². The monoisotopic (exact) mass is 313 g/mol. The predicted octanol–water partition coefficient (Wildman–Crippen LogP) is 0.524. The van der Waals surface area contributed by atoms with Crippen molar-refractivity contribution < 1.29 is 17.9 Å². The third-order valence-electron chi connectivity index (χ3n) is 3.42. The molecule has 0 bridgehead atoms. The zero-order chi connectivity index (χ0) is 15.5. The Hall–Kier alpha value is -1.70. The number of rotatable bonds is 5. The third kappa shape index (κ3) is 3.69. The molecule has 1 aromatic heterocycles. The van der Waals surface area contributed by atoms with Crippen LogP contribution < -0.4 is 4.74 Å². The van der Waals surface area contributed by atoms with Crippen LogP contribution in [0, 0.1) is 0 Å². The van der Waals surface area contributed by atoms with E-state index in [2.05, 4.69) is 9.97 Å². The van der Waals surface area contributed by atoms with Crippen LogP contribution in [0.4, 0.5) is 0 Å². The lowest BCUT2D eigenvalue weighted by Crippen LogP contribution is -2.42. The Morgan fingerprint density at radius 2 is 2.24 bits per heavy atom. The van der Waals surface area contributed by atoms with Gasteiger partial charge in [0.2, 0.25) is 5.88 Å². The summed E-state index contributed by atoms with van der Waals surface area (Å²) >= 11 is 0. The van der Waals surface area contributed by atoms with E-state index in [4.69, 9.17) is 4.74 Å². The summed E-state index contributed by atoms with van der Waals surface area (Å²) in [6.45, 7) is 2.44. The zero-order valence-electron chi connectivity index (χ0n) is 12.2. The maximum atomic E-state index is 12.6. The number of ether oxygens (including phenoxy) is 1. The minimum Gasteiger partial charge on any atom is -0.480 e. The van der Waals surface area contributed by atoms with E-state index in [1.807, 2.05) is 6.92 Å². The van der Waals surface area contributed by atoms with Crippen LogP contribution in [0.5, 0.6) is 5.88 Å². The molecule has 21 heavy (non-hydrogen) atoms. The van der Waals surface area contributed by atoms with Gasteiger partial charge in [-0.15, -0.1) is 0 Å². The molecule has 1 saturated heterocycles. The fraction of sp³-hybridized carbons (Fsp3) is 0.615. The molecular formula is C13H19N3O4S. The van der Waals surface area contributed by atoms with Gasteiger partial charge in [0, 0.05) is 12.6 Å². The molecule has 7 nitrogen and oxygen atoms in total. The molecule has 1 aromatic rings. The smallest absolute Gasteiger partial charge is 0.274 e. The van der Waals surface area contributed by atoms with Gasteiger partial charge in [-0.1, -0.05) is 6.92 Å². The molecule has 0 aromatic carbocycles. The van der Waals surface area contributed by atoms with Gasteiger partial charge in [0.15, 0.2) is 15.5 Å².